The fraction of sp³-hybridized carbons (Fsp3) is 0.452. The zero-order chi connectivity index (χ0) is 32.4. The molecule has 1 spiro atoms. The SMILES string of the molecule is CCOCc1cc(CN2C(=O)C3(CCCC3)N=C2CCCC(F)(F)F)ccc1-c1ccccc1S(=O)(=O)Nc1noc(C)c1Cl. The molecule has 2 heterocycles. The van der Waals surface area contributed by atoms with Crippen LogP contribution in [0.3, 0.4) is 0 Å². The molecule has 1 aliphatic heterocycles. The van der Waals surface area contributed by atoms with Crippen LogP contribution >= 0.6 is 11.6 Å². The Hall–Kier alpha value is -3.42. The highest BCUT2D eigenvalue weighted by molar-refractivity contribution is 7.92. The van der Waals surface area contributed by atoms with Crippen LogP contribution in [-0.2, 0) is 32.7 Å². The fourth-order valence-corrected chi connectivity index (χ4v) is 7.26. The number of carbonyl (C=O) groups excluding carboxylic acids is 1. The number of nitrogens with one attached hydrogen (secondary N) is 1. The zero-order valence-electron chi connectivity index (χ0n) is 24.9. The van der Waals surface area contributed by atoms with Crippen LogP contribution in [0.25, 0.3) is 11.1 Å². The van der Waals surface area contributed by atoms with Crippen LogP contribution in [0.4, 0.5) is 19.0 Å². The van der Waals surface area contributed by atoms with Crippen molar-refractivity contribution >= 4 is 39.2 Å². The molecule has 0 saturated heterocycles. The van der Waals surface area contributed by atoms with E-state index in [9.17, 15) is 26.4 Å². The second kappa shape index (κ2) is 13.1. The normalized spacial score (nSPS) is 16.5. The lowest BCUT2D eigenvalue weighted by atomic mass is 9.96. The summed E-state index contributed by atoms with van der Waals surface area (Å²) in [7, 11) is -4.16. The Bertz CT molecular complexity index is 1700. The number of sulfonamides is 1. The van der Waals surface area contributed by atoms with Crippen LogP contribution in [0.1, 0.15) is 68.8 Å². The van der Waals surface area contributed by atoms with Gasteiger partial charge in [0.15, 0.2) is 5.76 Å². The number of carbonyl (C=O) groups is 1. The van der Waals surface area contributed by atoms with Crippen LogP contribution in [-0.4, -0.2) is 48.5 Å². The number of hydrogen-bond acceptors (Lipinski definition) is 7. The first-order valence-corrected chi connectivity index (χ1v) is 16.6. The molecular formula is C31H34ClF3N4O5S. The predicted octanol–water partition coefficient (Wildman–Crippen LogP) is 7.43. The molecule has 1 amide bonds. The standard InChI is InChI=1S/C31H34ClF3N4O5S/c1-3-43-19-22-17-21(18-39-26(11-8-16-31(33,34)35)36-30(29(39)40)14-6-7-15-30)12-13-23(22)24-9-4-5-10-25(24)45(41,42)38-28-27(32)20(2)44-37-28/h4-5,9-10,12-13,17H,3,6-8,11,14-16,18-19H2,1-2H3,(H,37,38). The van der Waals surface area contributed by atoms with E-state index in [0.717, 1.165) is 12.8 Å². The summed E-state index contributed by atoms with van der Waals surface area (Å²) in [6.45, 7) is 4.07. The molecule has 0 unspecified atom stereocenters. The first kappa shape index (κ1) is 33.0. The van der Waals surface area contributed by atoms with Gasteiger partial charge in [0.2, 0.25) is 5.82 Å². The second-order valence-corrected chi connectivity index (χ2v) is 13.3. The molecule has 1 N–H and O–H groups in total. The summed E-state index contributed by atoms with van der Waals surface area (Å²) in [5.41, 5.74) is 1.48. The summed E-state index contributed by atoms with van der Waals surface area (Å²) in [4.78, 5) is 19.9. The van der Waals surface area contributed by atoms with Gasteiger partial charge >= 0.3 is 6.18 Å². The molecule has 9 nitrogen and oxygen atoms in total. The van der Waals surface area contributed by atoms with Crippen LogP contribution in [0.2, 0.25) is 5.02 Å². The van der Waals surface area contributed by atoms with Gasteiger partial charge in [0.25, 0.3) is 15.9 Å². The molecule has 1 aromatic heterocycles. The largest absolute Gasteiger partial charge is 0.389 e. The number of nitrogens with zero attached hydrogens (tertiary/aromatic N) is 3. The summed E-state index contributed by atoms with van der Waals surface area (Å²) in [6, 6.07) is 11.8. The first-order chi connectivity index (χ1) is 21.3. The van der Waals surface area contributed by atoms with Gasteiger partial charge in [-0.05, 0) is 55.9 Å². The monoisotopic (exact) mass is 666 g/mol. The lowest BCUT2D eigenvalue weighted by molar-refractivity contribution is -0.135. The van der Waals surface area contributed by atoms with E-state index in [1.807, 2.05) is 13.0 Å². The van der Waals surface area contributed by atoms with Crippen molar-refractivity contribution in [2.75, 3.05) is 11.3 Å². The van der Waals surface area contributed by atoms with E-state index in [1.54, 1.807) is 37.3 Å². The minimum absolute atomic E-state index is 0.0239. The summed E-state index contributed by atoms with van der Waals surface area (Å²) in [5, 5.41) is 3.75. The Morgan fingerprint density at radius 1 is 1.13 bits per heavy atom. The third-order valence-corrected chi connectivity index (χ3v) is 9.89. The van der Waals surface area contributed by atoms with Crippen LogP contribution < -0.4 is 4.72 Å². The van der Waals surface area contributed by atoms with E-state index in [0.29, 0.717) is 47.5 Å². The van der Waals surface area contributed by atoms with Crippen molar-refractivity contribution in [1.82, 2.24) is 10.1 Å². The van der Waals surface area contributed by atoms with Gasteiger partial charge in [0.1, 0.15) is 16.4 Å². The number of benzene rings is 2. The number of aromatic nitrogens is 1. The first-order valence-electron chi connectivity index (χ1n) is 14.7. The van der Waals surface area contributed by atoms with Crippen molar-refractivity contribution < 1.29 is 35.6 Å². The van der Waals surface area contributed by atoms with Crippen molar-refractivity contribution in [3.63, 3.8) is 0 Å². The van der Waals surface area contributed by atoms with Gasteiger partial charge in [-0.1, -0.05) is 66.0 Å². The minimum atomic E-state index is -4.29. The number of halogens is 4. The molecule has 1 saturated carbocycles. The van der Waals surface area contributed by atoms with Crippen molar-refractivity contribution in [2.45, 2.75) is 88.6 Å². The van der Waals surface area contributed by atoms with Gasteiger partial charge in [-0.3, -0.25) is 19.4 Å². The average molecular weight is 667 g/mol. The van der Waals surface area contributed by atoms with Crippen LogP contribution in [0.15, 0.2) is 56.9 Å². The van der Waals surface area contributed by atoms with Crippen molar-refractivity contribution in [3.05, 3.63) is 64.4 Å². The maximum atomic E-state index is 13.6. The van der Waals surface area contributed by atoms with E-state index in [-0.39, 0.29) is 53.4 Å². The summed E-state index contributed by atoms with van der Waals surface area (Å²) < 4.78 is 78.9. The molecular weight excluding hydrogens is 633 g/mol. The Morgan fingerprint density at radius 3 is 2.53 bits per heavy atom. The van der Waals surface area contributed by atoms with Gasteiger partial charge in [0, 0.05) is 25.0 Å². The number of aliphatic imine (C=N–C) groups is 1. The number of amidine groups is 1. The van der Waals surface area contributed by atoms with Crippen molar-refractivity contribution in [2.24, 2.45) is 4.99 Å². The number of hydrogen-bond donors (Lipinski definition) is 1. The fourth-order valence-electron chi connectivity index (χ4n) is 5.86. The Morgan fingerprint density at radius 2 is 1.87 bits per heavy atom. The smallest absolute Gasteiger partial charge is 0.377 e. The third-order valence-electron chi connectivity index (χ3n) is 8.05. The quantitative estimate of drug-likeness (QED) is 0.215. The predicted molar refractivity (Wildman–Crippen MR) is 163 cm³/mol. The number of alkyl halides is 3. The molecule has 2 aromatic carbocycles. The highest BCUT2D eigenvalue weighted by Crippen LogP contribution is 2.41. The lowest BCUT2D eigenvalue weighted by Gasteiger charge is -2.23. The number of ether oxygens (including phenoxy) is 1. The number of aryl methyl sites for hydroxylation is 1. The molecule has 242 valence electrons. The lowest BCUT2D eigenvalue weighted by Crippen LogP contribution is -2.40. The molecule has 3 aromatic rings. The van der Waals surface area contributed by atoms with Gasteiger partial charge in [-0.15, -0.1) is 0 Å². The molecule has 1 aliphatic carbocycles. The van der Waals surface area contributed by atoms with Gasteiger partial charge in [-0.25, -0.2) is 8.42 Å². The van der Waals surface area contributed by atoms with Crippen molar-refractivity contribution in [1.29, 1.82) is 0 Å². The topological polar surface area (TPSA) is 114 Å². The zero-order valence-corrected chi connectivity index (χ0v) is 26.5. The van der Waals surface area contributed by atoms with Crippen LogP contribution in [0.5, 0.6) is 0 Å². The van der Waals surface area contributed by atoms with E-state index in [4.69, 9.17) is 25.9 Å². The average Bonchev–Trinajstić information content (AvgIpc) is 3.66. The molecule has 0 radical (unpaired) electrons. The molecule has 0 atom stereocenters. The van der Waals surface area contributed by atoms with Crippen molar-refractivity contribution in [3.8, 4) is 11.1 Å². The molecule has 2 aliphatic rings. The Balaban J connectivity index is 1.46. The number of anilines is 1. The molecule has 1 fully saturated rings. The molecule has 0 bridgehead atoms. The van der Waals surface area contributed by atoms with Crippen LogP contribution in [0, 0.1) is 6.92 Å². The molecule has 45 heavy (non-hydrogen) atoms. The maximum absolute atomic E-state index is 13.6. The van der Waals surface area contributed by atoms with Gasteiger partial charge in [0.05, 0.1) is 18.0 Å². The van der Waals surface area contributed by atoms with Gasteiger partial charge < -0.3 is 9.26 Å². The Kier molecular flexibility index (Phi) is 9.62. The molecule has 14 heteroatoms. The Labute approximate surface area is 264 Å². The maximum Gasteiger partial charge on any atom is 0.389 e. The van der Waals surface area contributed by atoms with Gasteiger partial charge in [-0.2, -0.15) is 13.2 Å². The summed E-state index contributed by atoms with van der Waals surface area (Å²) in [6.07, 6.45) is -2.51. The van der Waals surface area contributed by atoms with E-state index in [1.165, 1.54) is 11.0 Å². The minimum Gasteiger partial charge on any atom is -0.377 e. The van der Waals surface area contributed by atoms with E-state index in [2.05, 4.69) is 9.88 Å². The second-order valence-electron chi connectivity index (χ2n) is 11.3. The van der Waals surface area contributed by atoms with E-state index >= 15 is 0 Å². The summed E-state index contributed by atoms with van der Waals surface area (Å²) in [5.74, 6) is 0.338. The summed E-state index contributed by atoms with van der Waals surface area (Å²) >= 11 is 6.15. The number of amides is 1. The highest BCUT2D eigenvalue weighted by atomic mass is 35.5. The molecule has 5 rings (SSSR count). The number of rotatable bonds is 12. The third kappa shape index (κ3) is 7.20. The van der Waals surface area contributed by atoms with E-state index < -0.39 is 28.2 Å². The highest BCUT2D eigenvalue weighted by Gasteiger charge is 2.49.